The predicted molar refractivity (Wildman–Crippen MR) is 117 cm³/mol. The minimum atomic E-state index is 0.803. The zero-order valence-electron chi connectivity index (χ0n) is 17.5. The van der Waals surface area contributed by atoms with Crippen molar-refractivity contribution in [3.63, 3.8) is 0 Å². The molecule has 0 amide bonds. The zero-order chi connectivity index (χ0) is 19.4. The highest BCUT2D eigenvalue weighted by atomic mass is 15.3. The van der Waals surface area contributed by atoms with E-state index >= 15 is 0 Å². The van der Waals surface area contributed by atoms with Crippen molar-refractivity contribution in [3.8, 4) is 0 Å². The Morgan fingerprint density at radius 3 is 2.07 bits per heavy atom. The van der Waals surface area contributed by atoms with E-state index in [1.54, 1.807) is 0 Å². The normalized spacial score (nSPS) is 19.5. The van der Waals surface area contributed by atoms with Gasteiger partial charge in [0.1, 0.15) is 0 Å². The monoisotopic (exact) mass is 362 g/mol. The number of piperazine rings is 1. The van der Waals surface area contributed by atoms with Crippen LogP contribution in [0.15, 0.2) is 65.9 Å². The standard InChI is InChI=1S/C25H34N2/c1-6-22(24-12-13-24)18-20(4)25(7-2)27-16-14-26(15-17-27)21(5)23-10-8-19(3)9-11-23/h6-11,18,24H,5,12-17H2,1-4H3/b20-18-,22-6+,25-7-. The van der Waals surface area contributed by atoms with Gasteiger partial charge in [-0.2, -0.15) is 0 Å². The molecule has 0 N–H and O–H groups in total. The molecule has 0 bridgehead atoms. The molecule has 0 unspecified atom stereocenters. The maximum absolute atomic E-state index is 4.35. The van der Waals surface area contributed by atoms with Gasteiger partial charge in [0.05, 0.1) is 0 Å². The van der Waals surface area contributed by atoms with E-state index in [4.69, 9.17) is 0 Å². The number of nitrogens with zero attached hydrogens (tertiary/aromatic N) is 2. The van der Waals surface area contributed by atoms with Gasteiger partial charge in [-0.05, 0) is 63.2 Å². The molecule has 27 heavy (non-hydrogen) atoms. The summed E-state index contributed by atoms with van der Waals surface area (Å²) in [6.45, 7) is 17.2. The number of allylic oxidation sites excluding steroid dienone is 5. The number of hydrogen-bond acceptors (Lipinski definition) is 2. The van der Waals surface area contributed by atoms with Crippen molar-refractivity contribution < 1.29 is 0 Å². The highest BCUT2D eigenvalue weighted by Gasteiger charge is 2.25. The van der Waals surface area contributed by atoms with Crippen LogP contribution in [0.1, 0.15) is 44.7 Å². The van der Waals surface area contributed by atoms with Crippen molar-refractivity contribution in [1.82, 2.24) is 9.80 Å². The molecule has 1 aliphatic heterocycles. The molecule has 2 heteroatoms. The summed E-state index contributed by atoms with van der Waals surface area (Å²) in [5.41, 5.74) is 7.97. The predicted octanol–water partition coefficient (Wildman–Crippen LogP) is 5.79. The van der Waals surface area contributed by atoms with E-state index in [0.717, 1.165) is 37.8 Å². The van der Waals surface area contributed by atoms with Gasteiger partial charge in [-0.25, -0.2) is 0 Å². The third-order valence-electron chi connectivity index (χ3n) is 5.83. The molecule has 1 saturated carbocycles. The summed E-state index contributed by atoms with van der Waals surface area (Å²) in [5, 5.41) is 0. The van der Waals surface area contributed by atoms with Crippen LogP contribution >= 0.6 is 0 Å². The molecule has 144 valence electrons. The van der Waals surface area contributed by atoms with Crippen LogP contribution in [0.3, 0.4) is 0 Å². The fourth-order valence-electron chi connectivity index (χ4n) is 3.98. The lowest BCUT2D eigenvalue weighted by molar-refractivity contribution is 0.216. The average molecular weight is 363 g/mol. The lowest BCUT2D eigenvalue weighted by atomic mass is 10.0. The molecule has 2 fully saturated rings. The van der Waals surface area contributed by atoms with Gasteiger partial charge >= 0.3 is 0 Å². The van der Waals surface area contributed by atoms with Gasteiger partial charge in [-0.3, -0.25) is 0 Å². The van der Waals surface area contributed by atoms with Crippen LogP contribution in [-0.4, -0.2) is 36.0 Å². The van der Waals surface area contributed by atoms with Gasteiger partial charge in [0.15, 0.2) is 0 Å². The fraction of sp³-hybridized carbons (Fsp3) is 0.440. The van der Waals surface area contributed by atoms with Gasteiger partial charge in [0.25, 0.3) is 0 Å². The molecule has 2 aliphatic rings. The first-order valence-electron chi connectivity index (χ1n) is 10.3. The Morgan fingerprint density at radius 1 is 0.963 bits per heavy atom. The summed E-state index contributed by atoms with van der Waals surface area (Å²) >= 11 is 0. The van der Waals surface area contributed by atoms with Crippen LogP contribution in [0.5, 0.6) is 0 Å². The molecule has 0 radical (unpaired) electrons. The van der Waals surface area contributed by atoms with E-state index in [0.29, 0.717) is 0 Å². The second kappa shape index (κ2) is 8.65. The molecular formula is C25H34N2. The van der Waals surface area contributed by atoms with Crippen LogP contribution in [0, 0.1) is 12.8 Å². The summed E-state index contributed by atoms with van der Waals surface area (Å²) in [4.78, 5) is 4.96. The molecule has 3 rings (SSSR count). The Bertz CT molecular complexity index is 752. The Morgan fingerprint density at radius 2 is 1.56 bits per heavy atom. The van der Waals surface area contributed by atoms with E-state index in [2.05, 4.69) is 86.6 Å². The summed E-state index contributed by atoms with van der Waals surface area (Å²) in [6, 6.07) is 8.71. The Labute approximate surface area is 165 Å². The van der Waals surface area contributed by atoms with Gasteiger partial charge in [-0.15, -0.1) is 0 Å². The quantitative estimate of drug-likeness (QED) is 0.591. The van der Waals surface area contributed by atoms with Crippen molar-refractivity contribution in [2.75, 3.05) is 26.2 Å². The van der Waals surface area contributed by atoms with Gasteiger partial charge in [0, 0.05) is 37.6 Å². The smallest absolute Gasteiger partial charge is 0.0368 e. The summed E-state index contributed by atoms with van der Waals surface area (Å²) in [7, 11) is 0. The Hall–Kier alpha value is -2.22. The SMILES string of the molecule is C=C(c1ccc(C)cc1)N1CCN(C(=C\C)/C(C)=C\C(=C/C)C2CC2)CC1. The number of hydrogen-bond donors (Lipinski definition) is 0. The molecule has 1 aliphatic carbocycles. The molecule has 1 aromatic carbocycles. The second-order valence-corrected chi connectivity index (χ2v) is 7.85. The van der Waals surface area contributed by atoms with Crippen molar-refractivity contribution in [3.05, 3.63) is 77.0 Å². The van der Waals surface area contributed by atoms with Gasteiger partial charge in [-0.1, -0.05) is 54.6 Å². The molecule has 0 atom stereocenters. The van der Waals surface area contributed by atoms with E-state index < -0.39 is 0 Å². The zero-order valence-corrected chi connectivity index (χ0v) is 17.5. The lowest BCUT2D eigenvalue weighted by Gasteiger charge is -2.39. The number of benzene rings is 1. The Balaban J connectivity index is 1.62. The molecular weight excluding hydrogens is 328 g/mol. The number of aryl methyl sites for hydroxylation is 1. The van der Waals surface area contributed by atoms with E-state index in [1.165, 1.54) is 40.8 Å². The maximum atomic E-state index is 4.35. The molecule has 1 heterocycles. The van der Waals surface area contributed by atoms with Crippen molar-refractivity contribution >= 4 is 5.70 Å². The van der Waals surface area contributed by atoms with Crippen molar-refractivity contribution in [2.24, 2.45) is 5.92 Å². The molecule has 1 aromatic rings. The van der Waals surface area contributed by atoms with Crippen LogP contribution in [0.4, 0.5) is 0 Å². The highest BCUT2D eigenvalue weighted by molar-refractivity contribution is 5.62. The first kappa shape index (κ1) is 19.5. The van der Waals surface area contributed by atoms with Gasteiger partial charge < -0.3 is 9.80 Å². The third kappa shape index (κ3) is 4.74. The molecule has 2 nitrogen and oxygen atoms in total. The summed E-state index contributed by atoms with van der Waals surface area (Å²) < 4.78 is 0. The second-order valence-electron chi connectivity index (χ2n) is 7.85. The van der Waals surface area contributed by atoms with Crippen molar-refractivity contribution in [1.29, 1.82) is 0 Å². The number of rotatable bonds is 6. The largest absolute Gasteiger partial charge is 0.368 e. The molecule has 0 spiro atoms. The van der Waals surface area contributed by atoms with Crippen LogP contribution in [0.25, 0.3) is 5.70 Å². The average Bonchev–Trinajstić information content (AvgIpc) is 3.52. The van der Waals surface area contributed by atoms with E-state index in [-0.39, 0.29) is 0 Å². The van der Waals surface area contributed by atoms with Crippen LogP contribution < -0.4 is 0 Å². The van der Waals surface area contributed by atoms with E-state index in [1.807, 2.05) is 0 Å². The maximum Gasteiger partial charge on any atom is 0.0368 e. The minimum absolute atomic E-state index is 0.803. The topological polar surface area (TPSA) is 6.48 Å². The first-order chi connectivity index (χ1) is 13.0. The lowest BCUT2D eigenvalue weighted by Crippen LogP contribution is -2.44. The fourth-order valence-corrected chi connectivity index (χ4v) is 3.98. The molecule has 0 aromatic heterocycles. The highest BCUT2D eigenvalue weighted by Crippen LogP contribution is 2.38. The van der Waals surface area contributed by atoms with E-state index in [9.17, 15) is 0 Å². The van der Waals surface area contributed by atoms with Gasteiger partial charge in [0.2, 0.25) is 0 Å². The Kier molecular flexibility index (Phi) is 6.26. The first-order valence-corrected chi connectivity index (χ1v) is 10.3. The summed E-state index contributed by atoms with van der Waals surface area (Å²) in [5.74, 6) is 0.803. The molecule has 1 saturated heterocycles. The third-order valence-corrected chi connectivity index (χ3v) is 5.83. The summed E-state index contributed by atoms with van der Waals surface area (Å²) in [6.07, 6.45) is 9.68. The van der Waals surface area contributed by atoms with Crippen molar-refractivity contribution in [2.45, 2.75) is 40.5 Å². The minimum Gasteiger partial charge on any atom is -0.368 e. The van der Waals surface area contributed by atoms with Crippen LogP contribution in [0.2, 0.25) is 0 Å². The van der Waals surface area contributed by atoms with Crippen LogP contribution in [-0.2, 0) is 0 Å².